The summed E-state index contributed by atoms with van der Waals surface area (Å²) >= 11 is 7.92. The minimum absolute atomic E-state index is 0.0486. The minimum Gasteiger partial charge on any atom is -0.487 e. The van der Waals surface area contributed by atoms with Crippen molar-refractivity contribution in [2.24, 2.45) is 5.92 Å². The van der Waals surface area contributed by atoms with E-state index in [-0.39, 0.29) is 18.3 Å². The number of anilines is 2. The number of ether oxygens (including phenoxy) is 1. The molecule has 0 aliphatic heterocycles. The van der Waals surface area contributed by atoms with Crippen LogP contribution in [0.5, 0.6) is 5.75 Å². The predicted molar refractivity (Wildman–Crippen MR) is 176 cm³/mol. The van der Waals surface area contributed by atoms with Gasteiger partial charge in [-0.05, 0) is 60.8 Å². The molecule has 0 atom stereocenters. The quantitative estimate of drug-likeness (QED) is 0.0999. The highest BCUT2D eigenvalue weighted by atomic mass is 35.5. The van der Waals surface area contributed by atoms with Crippen LogP contribution >= 0.6 is 22.9 Å². The first-order valence-electron chi connectivity index (χ1n) is 14.2. The van der Waals surface area contributed by atoms with Crippen LogP contribution in [0.3, 0.4) is 0 Å². The second-order valence-electron chi connectivity index (χ2n) is 10.5. The van der Waals surface area contributed by atoms with E-state index in [0.717, 1.165) is 11.4 Å². The summed E-state index contributed by atoms with van der Waals surface area (Å²) in [5.74, 6) is 0.0675. The van der Waals surface area contributed by atoms with Gasteiger partial charge in [0.25, 0.3) is 0 Å². The smallest absolute Gasteiger partial charge is 0.214 e. The lowest BCUT2D eigenvalue weighted by atomic mass is 10.1. The Morgan fingerprint density at radius 1 is 1.09 bits per heavy atom. The number of nitrogens with one attached hydrogen (secondary N) is 2. The van der Waals surface area contributed by atoms with Gasteiger partial charge >= 0.3 is 0 Å². The van der Waals surface area contributed by atoms with Gasteiger partial charge in [-0.2, -0.15) is 8.42 Å². The number of halogens is 3. The normalized spacial score (nSPS) is 11.2. The van der Waals surface area contributed by atoms with Crippen molar-refractivity contribution in [3.8, 4) is 17.0 Å². The van der Waals surface area contributed by atoms with Crippen LogP contribution in [0, 0.1) is 17.6 Å². The molecular formula is C32H30ClF2N5O3S2. The number of hydrogen-bond donors (Lipinski definition) is 2. The Morgan fingerprint density at radius 2 is 1.93 bits per heavy atom. The van der Waals surface area contributed by atoms with Gasteiger partial charge in [-0.15, -0.1) is 11.3 Å². The maximum atomic E-state index is 15.2. The SMILES string of the molecule is CC(C)C(CNCCCc1nc(-c2cc3c(Nc4ccc(OCc5cccc(F)c5)c(Cl)c4)ncnc3cc2F)cs1)=S(=O)=O. The number of fused-ring (bicyclic) bond motifs is 1. The fourth-order valence-electron chi connectivity index (χ4n) is 4.57. The topological polar surface area (TPSA) is 106 Å². The van der Waals surface area contributed by atoms with Gasteiger partial charge in [-0.3, -0.25) is 0 Å². The average Bonchev–Trinajstić information content (AvgIpc) is 3.46. The first-order chi connectivity index (χ1) is 21.7. The summed E-state index contributed by atoms with van der Waals surface area (Å²) in [5.41, 5.74) is 2.58. The summed E-state index contributed by atoms with van der Waals surface area (Å²) < 4.78 is 57.1. The lowest BCUT2D eigenvalue weighted by Gasteiger charge is -2.12. The molecule has 5 aromatic rings. The van der Waals surface area contributed by atoms with Crippen LogP contribution in [0.2, 0.25) is 5.02 Å². The fourth-order valence-corrected chi connectivity index (χ4v) is 6.26. The van der Waals surface area contributed by atoms with E-state index in [0.29, 0.717) is 74.4 Å². The second kappa shape index (κ2) is 14.9. The molecule has 0 radical (unpaired) electrons. The zero-order valence-corrected chi connectivity index (χ0v) is 26.9. The summed E-state index contributed by atoms with van der Waals surface area (Å²) in [6.45, 7) is 4.81. The lowest BCUT2D eigenvalue weighted by molar-refractivity contribution is 0.306. The van der Waals surface area contributed by atoms with E-state index in [2.05, 4.69) is 25.6 Å². The standard InChI is InChI=1S/C32H30ClF2N5O3S2/c1-19(2)30(45(41)42)15-36-10-4-7-31-40-28(17-44-31)23-13-24-27(14-26(23)35)37-18-38-32(24)39-22-8-9-29(25(33)12-22)43-16-20-5-3-6-21(34)11-20/h3,5-6,8-9,11-14,17-19,36H,4,7,10,15-16H2,1-2H3,(H,37,38,39). The molecule has 0 saturated heterocycles. The Labute approximate surface area is 270 Å². The highest BCUT2D eigenvalue weighted by Gasteiger charge is 2.15. The Balaban J connectivity index is 1.26. The largest absolute Gasteiger partial charge is 0.487 e. The highest BCUT2D eigenvalue weighted by Crippen LogP contribution is 2.34. The summed E-state index contributed by atoms with van der Waals surface area (Å²) in [5, 5.41) is 10.0. The maximum absolute atomic E-state index is 15.2. The molecule has 0 saturated carbocycles. The van der Waals surface area contributed by atoms with E-state index < -0.39 is 16.1 Å². The molecule has 234 valence electrons. The van der Waals surface area contributed by atoms with Crippen LogP contribution in [-0.2, 0) is 23.3 Å². The molecular weight excluding hydrogens is 640 g/mol. The molecule has 2 N–H and O–H groups in total. The van der Waals surface area contributed by atoms with Crippen molar-refractivity contribution in [3.05, 3.63) is 93.5 Å². The molecule has 0 fully saturated rings. The number of aromatic nitrogens is 3. The molecule has 0 amide bonds. The summed E-state index contributed by atoms with van der Waals surface area (Å²) in [4.78, 5) is 13.7. The molecule has 0 spiro atoms. The van der Waals surface area contributed by atoms with Crippen LogP contribution in [0.25, 0.3) is 22.2 Å². The van der Waals surface area contributed by atoms with Crippen molar-refractivity contribution >= 4 is 60.5 Å². The number of benzene rings is 3. The first-order valence-corrected chi connectivity index (χ1v) is 16.5. The van der Waals surface area contributed by atoms with Crippen LogP contribution < -0.4 is 15.4 Å². The van der Waals surface area contributed by atoms with Crippen LogP contribution in [0.1, 0.15) is 30.8 Å². The molecule has 8 nitrogen and oxygen atoms in total. The van der Waals surface area contributed by atoms with E-state index in [4.69, 9.17) is 16.3 Å². The second-order valence-corrected chi connectivity index (χ2v) is 12.9. The zero-order chi connectivity index (χ0) is 31.9. The molecule has 5 rings (SSSR count). The van der Waals surface area contributed by atoms with Crippen molar-refractivity contribution in [1.82, 2.24) is 20.3 Å². The lowest BCUT2D eigenvalue weighted by Crippen LogP contribution is -2.28. The van der Waals surface area contributed by atoms with Crippen LogP contribution in [0.4, 0.5) is 20.3 Å². The van der Waals surface area contributed by atoms with Crippen molar-refractivity contribution in [2.75, 3.05) is 18.4 Å². The van der Waals surface area contributed by atoms with Gasteiger partial charge in [0.1, 0.15) is 36.1 Å². The van der Waals surface area contributed by atoms with Crippen molar-refractivity contribution < 1.29 is 21.9 Å². The number of aryl methyl sites for hydroxylation is 1. The van der Waals surface area contributed by atoms with Crippen LogP contribution in [-0.4, -0.2) is 41.3 Å². The minimum atomic E-state index is -2.20. The number of nitrogens with zero attached hydrogens (tertiary/aromatic N) is 3. The molecule has 45 heavy (non-hydrogen) atoms. The van der Waals surface area contributed by atoms with Gasteiger partial charge in [-0.1, -0.05) is 37.6 Å². The highest BCUT2D eigenvalue weighted by molar-refractivity contribution is 7.73. The molecule has 0 aliphatic carbocycles. The zero-order valence-electron chi connectivity index (χ0n) is 24.5. The average molecular weight is 670 g/mol. The molecule has 13 heteroatoms. The number of hydrogen-bond acceptors (Lipinski definition) is 9. The molecule has 2 heterocycles. The molecule has 0 unspecified atom stereocenters. The van der Waals surface area contributed by atoms with Gasteiger partial charge in [0.05, 0.1) is 26.1 Å². The number of rotatable bonds is 13. The van der Waals surface area contributed by atoms with Crippen molar-refractivity contribution in [1.29, 1.82) is 0 Å². The van der Waals surface area contributed by atoms with E-state index in [1.807, 2.05) is 19.2 Å². The Kier molecular flexibility index (Phi) is 10.7. The van der Waals surface area contributed by atoms with Gasteiger partial charge in [0, 0.05) is 41.0 Å². The maximum Gasteiger partial charge on any atom is 0.214 e. The summed E-state index contributed by atoms with van der Waals surface area (Å²) in [7, 11) is -2.20. The Bertz CT molecular complexity index is 1960. The Hall–Kier alpha value is -3.97. The summed E-state index contributed by atoms with van der Waals surface area (Å²) in [6.07, 6.45) is 2.78. The predicted octanol–water partition coefficient (Wildman–Crippen LogP) is 7.24. The van der Waals surface area contributed by atoms with Gasteiger partial charge < -0.3 is 15.4 Å². The molecule has 2 aromatic heterocycles. The third-order valence-electron chi connectivity index (χ3n) is 6.93. The first kappa shape index (κ1) is 32.4. The number of thiazole rings is 1. The molecule has 3 aromatic carbocycles. The van der Waals surface area contributed by atoms with Crippen LogP contribution in [0.15, 0.2) is 66.3 Å². The Morgan fingerprint density at radius 3 is 2.69 bits per heavy atom. The van der Waals surface area contributed by atoms with Gasteiger partial charge in [0.2, 0.25) is 10.3 Å². The van der Waals surface area contributed by atoms with Gasteiger partial charge in [0.15, 0.2) is 0 Å². The van der Waals surface area contributed by atoms with E-state index >= 15 is 4.39 Å². The van der Waals surface area contributed by atoms with E-state index in [1.165, 1.54) is 35.9 Å². The third kappa shape index (κ3) is 8.40. The van der Waals surface area contributed by atoms with Gasteiger partial charge in [-0.25, -0.2) is 23.7 Å². The van der Waals surface area contributed by atoms with E-state index in [1.54, 1.807) is 36.4 Å². The molecule has 0 aliphatic rings. The van der Waals surface area contributed by atoms with Crippen molar-refractivity contribution in [2.45, 2.75) is 33.3 Å². The summed E-state index contributed by atoms with van der Waals surface area (Å²) in [6, 6.07) is 14.4. The molecule has 0 bridgehead atoms. The van der Waals surface area contributed by atoms with Crippen molar-refractivity contribution in [3.63, 3.8) is 0 Å². The third-order valence-corrected chi connectivity index (χ3v) is 9.18. The fraction of sp³-hybridized carbons (Fsp3) is 0.250. The monoisotopic (exact) mass is 669 g/mol. The van der Waals surface area contributed by atoms with E-state index in [9.17, 15) is 12.8 Å².